The van der Waals surface area contributed by atoms with Gasteiger partial charge < -0.3 is 12.4 Å². The average Bonchev–Trinajstić information content (AvgIpc) is 1.37. The van der Waals surface area contributed by atoms with Crippen LogP contribution in [0.25, 0.3) is 0 Å². The quantitative estimate of drug-likeness (QED) is 0.338. The molecule has 0 unspecified atom stereocenters. The van der Waals surface area contributed by atoms with Gasteiger partial charge in [-0.05, 0) is 0 Å². The standard InChI is InChI=1S/C3H7.Al.ClH/c1-3-2;;/h1,3H2,2H3;;1H/q;+1;/p-1. The summed E-state index contributed by atoms with van der Waals surface area (Å²) in [4.78, 5) is 0. The fourth-order valence-corrected chi connectivity index (χ4v) is 0. The Bertz CT molecular complexity index is 8.85. The van der Waals surface area contributed by atoms with Crippen molar-refractivity contribution in [3.63, 3.8) is 0 Å². The summed E-state index contributed by atoms with van der Waals surface area (Å²) in [7, 11) is 0. The number of hydrogen-bond donors (Lipinski definition) is 0. The molecule has 0 N–H and O–H groups in total. The van der Waals surface area contributed by atoms with E-state index in [1.165, 1.54) is 11.7 Å². The van der Waals surface area contributed by atoms with Crippen molar-refractivity contribution < 1.29 is 12.4 Å². The Kier molecular flexibility index (Phi) is 16.4. The van der Waals surface area contributed by atoms with Crippen LogP contribution in [0.5, 0.6) is 0 Å². The molecule has 0 amide bonds. The van der Waals surface area contributed by atoms with E-state index in [1.807, 2.05) is 0 Å². The largest absolute Gasteiger partial charge is 1.00 e. The van der Waals surface area contributed by atoms with Gasteiger partial charge in [-0.3, -0.25) is 0 Å². The second kappa shape index (κ2) is 8.85. The first kappa shape index (κ1) is 9.27. The second-order valence-corrected chi connectivity index (χ2v) is 1.37. The molecule has 2 heteroatoms. The molecule has 29 valence electrons. The number of hydrogen-bond acceptors (Lipinski definition) is 0. The maximum Gasteiger partial charge on any atom is -1.00 e. The van der Waals surface area contributed by atoms with Crippen molar-refractivity contribution >= 4 is 16.3 Å². The summed E-state index contributed by atoms with van der Waals surface area (Å²) in [5.74, 6) is 0. The van der Waals surface area contributed by atoms with Crippen molar-refractivity contribution in [2.45, 2.75) is 18.6 Å². The predicted molar refractivity (Wildman–Crippen MR) is 20.9 cm³/mol. The van der Waals surface area contributed by atoms with Gasteiger partial charge in [-0.15, -0.1) is 0 Å². The Hall–Kier alpha value is 0.822. The van der Waals surface area contributed by atoms with Crippen molar-refractivity contribution in [2.24, 2.45) is 0 Å². The van der Waals surface area contributed by atoms with Gasteiger partial charge in [-0.1, -0.05) is 0 Å². The molecule has 1 radical (unpaired) electrons. The zero-order chi connectivity index (χ0) is 3.41. The van der Waals surface area contributed by atoms with Crippen LogP contribution in [-0.4, -0.2) is 16.3 Å². The summed E-state index contributed by atoms with van der Waals surface area (Å²) in [5, 5.41) is 1.24. The molecule has 0 nitrogen and oxygen atoms in total. The molecule has 0 aliphatic carbocycles. The normalized spacial score (nSPS) is 5.60. The average molecular weight is 106 g/mol. The zero-order valence-corrected chi connectivity index (χ0v) is 5.28. The van der Waals surface area contributed by atoms with Gasteiger partial charge in [-0.2, -0.15) is 0 Å². The molecule has 5 heavy (non-hydrogen) atoms. The second-order valence-electron chi connectivity index (χ2n) is 0.789. The number of halogens is 1. The van der Waals surface area contributed by atoms with Gasteiger partial charge in [0.25, 0.3) is 0 Å². The first-order valence-corrected chi connectivity index (χ1v) is 2.43. The van der Waals surface area contributed by atoms with Crippen LogP contribution in [0.2, 0.25) is 5.28 Å². The Morgan fingerprint density at radius 3 is 1.80 bits per heavy atom. The minimum absolute atomic E-state index is 0. The van der Waals surface area contributed by atoms with E-state index >= 15 is 0 Å². The Morgan fingerprint density at radius 1 is 1.60 bits per heavy atom. The zero-order valence-electron chi connectivity index (χ0n) is 3.37. The molecule has 0 aromatic carbocycles. The summed E-state index contributed by atoms with van der Waals surface area (Å²) in [6.07, 6.45) is 1.28. The van der Waals surface area contributed by atoms with E-state index in [0.717, 1.165) is 0 Å². The molecule has 0 saturated carbocycles. The van der Waals surface area contributed by atoms with Crippen molar-refractivity contribution in [3.05, 3.63) is 0 Å². The van der Waals surface area contributed by atoms with Gasteiger partial charge in [0, 0.05) is 0 Å². The SMILES string of the molecule is CC[CH2][Al+].[Cl-]. The van der Waals surface area contributed by atoms with Crippen LogP contribution < -0.4 is 12.4 Å². The molecule has 0 aromatic rings. The first-order chi connectivity index (χ1) is 1.91. The molecule has 0 fully saturated rings. The van der Waals surface area contributed by atoms with Gasteiger partial charge in [0.2, 0.25) is 0 Å². The minimum Gasteiger partial charge on any atom is -1.00 e. The molecule has 0 rings (SSSR count). The van der Waals surface area contributed by atoms with Crippen LogP contribution in [0.3, 0.4) is 0 Å². The fourth-order valence-electron chi connectivity index (χ4n) is 0. The summed E-state index contributed by atoms with van der Waals surface area (Å²) in [6.45, 7) is 2.16. The summed E-state index contributed by atoms with van der Waals surface area (Å²) < 4.78 is 0. The predicted octanol–water partition coefficient (Wildman–Crippen LogP) is -2.01. The van der Waals surface area contributed by atoms with Gasteiger partial charge in [0.15, 0.2) is 0 Å². The van der Waals surface area contributed by atoms with E-state index < -0.39 is 0 Å². The van der Waals surface area contributed by atoms with Crippen molar-refractivity contribution in [1.29, 1.82) is 0 Å². The molecular formula is C3H7AlCl. The molecule has 0 bridgehead atoms. The Labute approximate surface area is 47.8 Å². The topological polar surface area (TPSA) is 0 Å². The van der Waals surface area contributed by atoms with E-state index in [4.69, 9.17) is 0 Å². The summed E-state index contributed by atoms with van der Waals surface area (Å²) in [6, 6.07) is 0. The minimum atomic E-state index is 0. The molecule has 0 aliphatic heterocycles. The first-order valence-electron chi connectivity index (χ1n) is 1.62. The van der Waals surface area contributed by atoms with Crippen LogP contribution in [0, 0.1) is 0 Å². The van der Waals surface area contributed by atoms with E-state index in [2.05, 4.69) is 23.2 Å². The molecule has 0 saturated heterocycles. The van der Waals surface area contributed by atoms with Gasteiger partial charge >= 0.3 is 34.9 Å². The molecule has 0 spiro atoms. The van der Waals surface area contributed by atoms with E-state index in [0.29, 0.717) is 0 Å². The van der Waals surface area contributed by atoms with Crippen molar-refractivity contribution in [1.82, 2.24) is 0 Å². The van der Waals surface area contributed by atoms with Crippen LogP contribution in [-0.2, 0) is 0 Å². The number of rotatable bonds is 1. The van der Waals surface area contributed by atoms with Gasteiger partial charge in [-0.25, -0.2) is 0 Å². The third-order valence-electron chi connectivity index (χ3n) is 0.289. The van der Waals surface area contributed by atoms with Crippen LogP contribution in [0.1, 0.15) is 13.3 Å². The van der Waals surface area contributed by atoms with E-state index in [-0.39, 0.29) is 12.4 Å². The smallest absolute Gasteiger partial charge is 1.00 e. The summed E-state index contributed by atoms with van der Waals surface area (Å²) in [5.41, 5.74) is 0. The van der Waals surface area contributed by atoms with E-state index in [1.54, 1.807) is 0 Å². The fraction of sp³-hybridized carbons (Fsp3) is 1.00. The monoisotopic (exact) mass is 105 g/mol. The van der Waals surface area contributed by atoms with Gasteiger partial charge in [0.05, 0.1) is 0 Å². The third kappa shape index (κ3) is 11.6. The maximum absolute atomic E-state index is 2.66. The molecule has 0 atom stereocenters. The Balaban J connectivity index is 0. The van der Waals surface area contributed by atoms with Crippen LogP contribution in [0.4, 0.5) is 0 Å². The molecule has 0 aliphatic rings. The molecule has 0 aromatic heterocycles. The van der Waals surface area contributed by atoms with Crippen LogP contribution in [0.15, 0.2) is 0 Å². The summed E-state index contributed by atoms with van der Waals surface area (Å²) >= 11 is 2.66. The maximum atomic E-state index is 2.66. The molecule has 0 heterocycles. The third-order valence-corrected chi connectivity index (χ3v) is 0.866. The van der Waals surface area contributed by atoms with Crippen molar-refractivity contribution in [3.8, 4) is 0 Å². The van der Waals surface area contributed by atoms with Crippen molar-refractivity contribution in [2.75, 3.05) is 0 Å². The van der Waals surface area contributed by atoms with Crippen LogP contribution >= 0.6 is 0 Å². The Morgan fingerprint density at radius 2 is 1.80 bits per heavy atom. The van der Waals surface area contributed by atoms with E-state index in [9.17, 15) is 0 Å². The van der Waals surface area contributed by atoms with Gasteiger partial charge in [0.1, 0.15) is 0 Å². The molecular weight excluding hydrogens is 98.5 g/mol.